The molecule has 82 valence electrons. The molecule has 0 fully saturated rings. The highest BCUT2D eigenvalue weighted by molar-refractivity contribution is 9.10. The number of carbonyl (C=O) groups is 1. The highest BCUT2D eigenvalue weighted by Crippen LogP contribution is 2.19. The first-order valence-electron chi connectivity index (χ1n) is 4.51. The summed E-state index contributed by atoms with van der Waals surface area (Å²) in [6.45, 7) is 1.99. The summed E-state index contributed by atoms with van der Waals surface area (Å²) in [6, 6.07) is 5.91. The zero-order valence-electron chi connectivity index (χ0n) is 8.59. The smallest absolute Gasteiger partial charge is 0.324 e. The standard InChI is InChI=1S/C11H12BrClO2/c1-7-3-4-9(12)5-8(7)6-10(13)11(14)15-2/h3-5,10H,6H2,1-2H3. The molecule has 0 amide bonds. The molecule has 15 heavy (non-hydrogen) atoms. The van der Waals surface area contributed by atoms with Crippen LogP contribution in [0.3, 0.4) is 0 Å². The topological polar surface area (TPSA) is 26.3 Å². The number of esters is 1. The molecule has 1 unspecified atom stereocenters. The molecule has 1 aromatic rings. The molecule has 0 N–H and O–H groups in total. The van der Waals surface area contributed by atoms with Crippen LogP contribution < -0.4 is 0 Å². The molecule has 0 aliphatic rings. The van der Waals surface area contributed by atoms with Gasteiger partial charge in [0.1, 0.15) is 5.38 Å². The van der Waals surface area contributed by atoms with Gasteiger partial charge in [0, 0.05) is 4.47 Å². The number of rotatable bonds is 3. The normalized spacial score (nSPS) is 12.3. The minimum Gasteiger partial charge on any atom is -0.468 e. The van der Waals surface area contributed by atoms with Gasteiger partial charge in [0.2, 0.25) is 0 Å². The van der Waals surface area contributed by atoms with Gasteiger partial charge in [-0.2, -0.15) is 0 Å². The molecule has 2 nitrogen and oxygen atoms in total. The second-order valence-corrected chi connectivity index (χ2v) is 4.71. The van der Waals surface area contributed by atoms with Crippen molar-refractivity contribution in [2.45, 2.75) is 18.7 Å². The van der Waals surface area contributed by atoms with E-state index in [1.165, 1.54) is 7.11 Å². The second kappa shape index (κ2) is 5.52. The Balaban J connectivity index is 2.80. The fourth-order valence-electron chi connectivity index (χ4n) is 1.26. The van der Waals surface area contributed by atoms with Crippen LogP contribution in [0.5, 0.6) is 0 Å². The summed E-state index contributed by atoms with van der Waals surface area (Å²) in [6.07, 6.45) is 0.486. The van der Waals surface area contributed by atoms with E-state index in [9.17, 15) is 4.79 Å². The van der Waals surface area contributed by atoms with Gasteiger partial charge in [-0.15, -0.1) is 11.6 Å². The largest absolute Gasteiger partial charge is 0.468 e. The Morgan fingerprint density at radius 1 is 1.60 bits per heavy atom. The predicted octanol–water partition coefficient (Wildman–Crippen LogP) is 3.08. The van der Waals surface area contributed by atoms with E-state index in [1.54, 1.807) is 0 Å². The summed E-state index contributed by atoms with van der Waals surface area (Å²) < 4.78 is 5.55. The first kappa shape index (κ1) is 12.5. The SMILES string of the molecule is COC(=O)C(Cl)Cc1cc(Br)ccc1C. The third-order valence-electron chi connectivity index (χ3n) is 2.17. The zero-order valence-corrected chi connectivity index (χ0v) is 10.9. The number of carbonyl (C=O) groups excluding carboxylic acids is 1. The highest BCUT2D eigenvalue weighted by Gasteiger charge is 2.17. The molecule has 0 radical (unpaired) electrons. The molecule has 1 aromatic carbocycles. The Morgan fingerprint density at radius 3 is 2.87 bits per heavy atom. The van der Waals surface area contributed by atoms with Crippen molar-refractivity contribution in [2.75, 3.05) is 7.11 Å². The number of hydrogen-bond donors (Lipinski definition) is 0. The van der Waals surface area contributed by atoms with Gasteiger partial charge in [-0.05, 0) is 36.6 Å². The van der Waals surface area contributed by atoms with Gasteiger partial charge in [0.15, 0.2) is 0 Å². The van der Waals surface area contributed by atoms with Crippen LogP contribution in [-0.2, 0) is 16.0 Å². The molecule has 0 heterocycles. The molecule has 1 rings (SSSR count). The van der Waals surface area contributed by atoms with E-state index < -0.39 is 11.3 Å². The van der Waals surface area contributed by atoms with Gasteiger partial charge >= 0.3 is 5.97 Å². The Hall–Kier alpha value is -0.540. The summed E-state index contributed by atoms with van der Waals surface area (Å²) in [5, 5.41) is -0.622. The van der Waals surface area contributed by atoms with Crippen LogP contribution in [0.2, 0.25) is 0 Å². The van der Waals surface area contributed by atoms with Crippen molar-refractivity contribution in [3.05, 3.63) is 33.8 Å². The van der Waals surface area contributed by atoms with E-state index in [4.69, 9.17) is 11.6 Å². The molecular weight excluding hydrogens is 279 g/mol. The van der Waals surface area contributed by atoms with Crippen molar-refractivity contribution in [3.8, 4) is 0 Å². The van der Waals surface area contributed by atoms with Crippen LogP contribution >= 0.6 is 27.5 Å². The van der Waals surface area contributed by atoms with Crippen molar-refractivity contribution >= 4 is 33.5 Å². The molecule has 0 aliphatic heterocycles. The summed E-state index contributed by atoms with van der Waals surface area (Å²) in [4.78, 5) is 11.1. The van der Waals surface area contributed by atoms with Crippen molar-refractivity contribution in [1.82, 2.24) is 0 Å². The first-order valence-corrected chi connectivity index (χ1v) is 5.74. The van der Waals surface area contributed by atoms with Gasteiger partial charge in [0.25, 0.3) is 0 Å². The van der Waals surface area contributed by atoms with Crippen molar-refractivity contribution in [3.63, 3.8) is 0 Å². The average Bonchev–Trinajstić information content (AvgIpc) is 2.22. The number of alkyl halides is 1. The lowest BCUT2D eigenvalue weighted by Gasteiger charge is -2.10. The van der Waals surface area contributed by atoms with Crippen molar-refractivity contribution in [2.24, 2.45) is 0 Å². The third kappa shape index (κ3) is 3.50. The van der Waals surface area contributed by atoms with Crippen LogP contribution in [-0.4, -0.2) is 18.5 Å². The Kier molecular flexibility index (Phi) is 4.61. The maximum atomic E-state index is 11.1. The maximum Gasteiger partial charge on any atom is 0.324 e. The maximum absolute atomic E-state index is 11.1. The number of halogens is 2. The third-order valence-corrected chi connectivity index (χ3v) is 2.99. The van der Waals surface area contributed by atoms with Crippen molar-refractivity contribution < 1.29 is 9.53 Å². The molecule has 0 aromatic heterocycles. The van der Waals surface area contributed by atoms with E-state index >= 15 is 0 Å². The molecule has 0 aliphatic carbocycles. The Bertz CT molecular complexity index is 366. The van der Waals surface area contributed by atoms with Crippen LogP contribution in [0.1, 0.15) is 11.1 Å². The molecule has 0 saturated carbocycles. The molecule has 0 saturated heterocycles. The van der Waals surface area contributed by atoms with E-state index in [2.05, 4.69) is 20.7 Å². The van der Waals surface area contributed by atoms with E-state index in [1.807, 2.05) is 25.1 Å². The zero-order chi connectivity index (χ0) is 11.4. The van der Waals surface area contributed by atoms with Crippen LogP contribution in [0.15, 0.2) is 22.7 Å². The quantitative estimate of drug-likeness (QED) is 0.632. The lowest BCUT2D eigenvalue weighted by Crippen LogP contribution is -2.19. The van der Waals surface area contributed by atoms with E-state index in [0.717, 1.165) is 15.6 Å². The average molecular weight is 292 g/mol. The van der Waals surface area contributed by atoms with Gasteiger partial charge in [-0.3, -0.25) is 4.79 Å². The Labute approximate surface area is 103 Å². The lowest BCUT2D eigenvalue weighted by atomic mass is 10.0. The van der Waals surface area contributed by atoms with Gasteiger partial charge in [0.05, 0.1) is 7.11 Å². The number of ether oxygens (including phenoxy) is 1. The molecule has 0 spiro atoms. The summed E-state index contributed by atoms with van der Waals surface area (Å²) in [5.41, 5.74) is 2.17. The Morgan fingerprint density at radius 2 is 2.27 bits per heavy atom. The minimum atomic E-state index is -0.622. The predicted molar refractivity (Wildman–Crippen MR) is 64.2 cm³/mol. The fraction of sp³-hybridized carbons (Fsp3) is 0.364. The van der Waals surface area contributed by atoms with Crippen LogP contribution in [0.25, 0.3) is 0 Å². The fourth-order valence-corrected chi connectivity index (χ4v) is 1.93. The van der Waals surface area contributed by atoms with Gasteiger partial charge < -0.3 is 4.74 Å². The number of methoxy groups -OCH3 is 1. The molecule has 4 heteroatoms. The minimum absolute atomic E-state index is 0.393. The van der Waals surface area contributed by atoms with E-state index in [0.29, 0.717) is 6.42 Å². The lowest BCUT2D eigenvalue weighted by molar-refractivity contribution is -0.140. The van der Waals surface area contributed by atoms with Crippen LogP contribution in [0.4, 0.5) is 0 Å². The summed E-state index contributed by atoms with van der Waals surface area (Å²) in [7, 11) is 1.34. The van der Waals surface area contributed by atoms with Crippen molar-refractivity contribution in [1.29, 1.82) is 0 Å². The molecule has 1 atom stereocenters. The van der Waals surface area contributed by atoms with Crippen LogP contribution in [0, 0.1) is 6.92 Å². The second-order valence-electron chi connectivity index (χ2n) is 3.27. The van der Waals surface area contributed by atoms with Gasteiger partial charge in [-0.1, -0.05) is 22.0 Å². The highest BCUT2D eigenvalue weighted by atomic mass is 79.9. The van der Waals surface area contributed by atoms with E-state index in [-0.39, 0.29) is 0 Å². The summed E-state index contributed by atoms with van der Waals surface area (Å²) in [5.74, 6) is -0.393. The monoisotopic (exact) mass is 290 g/mol. The van der Waals surface area contributed by atoms with Gasteiger partial charge in [-0.25, -0.2) is 0 Å². The molecular formula is C11H12BrClO2. The molecule has 0 bridgehead atoms. The number of benzene rings is 1. The first-order chi connectivity index (χ1) is 7.04. The number of hydrogen-bond acceptors (Lipinski definition) is 2. The number of aryl methyl sites for hydroxylation is 1. The summed E-state index contributed by atoms with van der Waals surface area (Å²) >= 11 is 9.28.